The van der Waals surface area contributed by atoms with Gasteiger partial charge in [-0.15, -0.1) is 0 Å². The van der Waals surface area contributed by atoms with E-state index in [4.69, 9.17) is 4.74 Å². The van der Waals surface area contributed by atoms with Crippen molar-refractivity contribution in [1.82, 2.24) is 10.2 Å². The molecule has 0 aromatic carbocycles. The molecular weight excluding hydrogens is 248 g/mol. The van der Waals surface area contributed by atoms with E-state index >= 15 is 0 Å². The Morgan fingerprint density at radius 3 is 2.30 bits per heavy atom. The first-order chi connectivity index (χ1) is 9.03. The third-order valence-corrected chi connectivity index (χ3v) is 5.05. The lowest BCUT2D eigenvalue weighted by Gasteiger charge is -2.51. The summed E-state index contributed by atoms with van der Waals surface area (Å²) in [5.74, 6) is 0. The van der Waals surface area contributed by atoms with Gasteiger partial charge in [0.05, 0.1) is 5.60 Å². The Hall–Kier alpha value is -0.120. The lowest BCUT2D eigenvalue weighted by molar-refractivity contribution is -0.0202. The van der Waals surface area contributed by atoms with E-state index < -0.39 is 0 Å². The smallest absolute Gasteiger partial charge is 0.0634 e. The first kappa shape index (κ1) is 17.9. The topological polar surface area (TPSA) is 24.5 Å². The summed E-state index contributed by atoms with van der Waals surface area (Å²) in [6.45, 7) is 19.4. The molecule has 1 rings (SSSR count). The van der Waals surface area contributed by atoms with Gasteiger partial charge in [0, 0.05) is 38.3 Å². The second-order valence-electron chi connectivity index (χ2n) is 8.36. The molecule has 120 valence electrons. The summed E-state index contributed by atoms with van der Waals surface area (Å²) in [6.07, 6.45) is 2.25. The monoisotopic (exact) mass is 284 g/mol. The highest BCUT2D eigenvalue weighted by Crippen LogP contribution is 2.30. The molecule has 0 amide bonds. The Kier molecular flexibility index (Phi) is 5.67. The molecule has 0 aromatic rings. The molecular formula is C17H36N2O. The number of nitrogens with zero attached hydrogens (tertiary/aromatic N) is 1. The number of rotatable bonds is 5. The van der Waals surface area contributed by atoms with Crippen LogP contribution in [-0.2, 0) is 4.74 Å². The Balaban J connectivity index is 2.77. The van der Waals surface area contributed by atoms with Gasteiger partial charge >= 0.3 is 0 Å². The van der Waals surface area contributed by atoms with E-state index in [2.05, 4.69) is 58.7 Å². The maximum absolute atomic E-state index is 5.59. The standard InChI is InChI=1S/C17H36N2O/c1-9-17(7)13-19(11-10-16(5,6)20-8)14(12-18-17)15(2,3)4/h14,18H,9-13H2,1-8H3. The van der Waals surface area contributed by atoms with Crippen molar-refractivity contribution in [3.8, 4) is 0 Å². The molecule has 0 spiro atoms. The molecule has 0 aliphatic carbocycles. The maximum atomic E-state index is 5.59. The number of hydrogen-bond donors (Lipinski definition) is 1. The molecule has 2 atom stereocenters. The number of nitrogens with one attached hydrogen (secondary N) is 1. The van der Waals surface area contributed by atoms with Gasteiger partial charge in [0.15, 0.2) is 0 Å². The Labute approximate surface area is 126 Å². The van der Waals surface area contributed by atoms with E-state index in [0.29, 0.717) is 11.5 Å². The fraction of sp³-hybridized carbons (Fsp3) is 1.00. The summed E-state index contributed by atoms with van der Waals surface area (Å²) in [5.41, 5.74) is 0.522. The van der Waals surface area contributed by atoms with E-state index in [1.54, 1.807) is 0 Å². The minimum Gasteiger partial charge on any atom is -0.379 e. The van der Waals surface area contributed by atoms with Crippen LogP contribution in [0.5, 0.6) is 0 Å². The van der Waals surface area contributed by atoms with Crippen LogP contribution in [0.15, 0.2) is 0 Å². The van der Waals surface area contributed by atoms with Crippen LogP contribution in [0.25, 0.3) is 0 Å². The second-order valence-corrected chi connectivity index (χ2v) is 8.36. The molecule has 3 nitrogen and oxygen atoms in total. The van der Waals surface area contributed by atoms with Gasteiger partial charge in [0.2, 0.25) is 0 Å². The van der Waals surface area contributed by atoms with Crippen LogP contribution in [0.1, 0.15) is 61.3 Å². The average Bonchev–Trinajstić information content (AvgIpc) is 2.35. The van der Waals surface area contributed by atoms with Crippen LogP contribution in [0.2, 0.25) is 0 Å². The molecule has 1 heterocycles. The minimum absolute atomic E-state index is 0.0318. The fourth-order valence-corrected chi connectivity index (χ4v) is 2.93. The zero-order chi connectivity index (χ0) is 15.6. The van der Waals surface area contributed by atoms with Crippen molar-refractivity contribution in [3.05, 3.63) is 0 Å². The number of methoxy groups -OCH3 is 1. The lowest BCUT2D eigenvalue weighted by Crippen LogP contribution is -2.65. The molecule has 0 radical (unpaired) electrons. The van der Waals surface area contributed by atoms with E-state index in [9.17, 15) is 0 Å². The summed E-state index contributed by atoms with van der Waals surface area (Å²) < 4.78 is 5.59. The average molecular weight is 284 g/mol. The maximum Gasteiger partial charge on any atom is 0.0634 e. The lowest BCUT2D eigenvalue weighted by atomic mass is 9.81. The van der Waals surface area contributed by atoms with Crippen molar-refractivity contribution in [2.24, 2.45) is 5.41 Å². The van der Waals surface area contributed by atoms with E-state index in [1.165, 1.54) is 6.42 Å². The molecule has 3 heteroatoms. The fourth-order valence-electron chi connectivity index (χ4n) is 2.93. The van der Waals surface area contributed by atoms with Gasteiger partial charge < -0.3 is 10.1 Å². The van der Waals surface area contributed by atoms with Crippen molar-refractivity contribution in [3.63, 3.8) is 0 Å². The van der Waals surface area contributed by atoms with Gasteiger partial charge in [-0.2, -0.15) is 0 Å². The molecule has 1 aliphatic heterocycles. The normalized spacial score (nSPS) is 29.7. The zero-order valence-electron chi connectivity index (χ0n) is 15.0. The molecule has 2 unspecified atom stereocenters. The second kappa shape index (κ2) is 6.33. The van der Waals surface area contributed by atoms with Crippen molar-refractivity contribution in [2.75, 3.05) is 26.7 Å². The van der Waals surface area contributed by atoms with Crippen LogP contribution < -0.4 is 5.32 Å². The summed E-state index contributed by atoms with van der Waals surface area (Å²) >= 11 is 0. The molecule has 0 bridgehead atoms. The highest BCUT2D eigenvalue weighted by molar-refractivity contribution is 4.98. The largest absolute Gasteiger partial charge is 0.379 e. The molecule has 20 heavy (non-hydrogen) atoms. The number of piperazine rings is 1. The molecule has 1 saturated heterocycles. The number of hydrogen-bond acceptors (Lipinski definition) is 3. The van der Waals surface area contributed by atoms with Crippen LogP contribution in [0, 0.1) is 5.41 Å². The van der Waals surface area contributed by atoms with Gasteiger partial charge in [-0.05, 0) is 39.0 Å². The summed E-state index contributed by atoms with van der Waals surface area (Å²) in [5, 5.41) is 3.77. The zero-order valence-corrected chi connectivity index (χ0v) is 15.0. The quantitative estimate of drug-likeness (QED) is 0.838. The number of ether oxygens (including phenoxy) is 1. The Morgan fingerprint density at radius 2 is 1.85 bits per heavy atom. The molecule has 1 aliphatic rings. The summed E-state index contributed by atoms with van der Waals surface area (Å²) in [7, 11) is 1.81. The van der Waals surface area contributed by atoms with Crippen molar-refractivity contribution < 1.29 is 4.74 Å². The van der Waals surface area contributed by atoms with Gasteiger partial charge in [0.1, 0.15) is 0 Å². The summed E-state index contributed by atoms with van der Waals surface area (Å²) in [4.78, 5) is 2.68. The Bertz CT molecular complexity index is 309. The van der Waals surface area contributed by atoms with E-state index in [-0.39, 0.29) is 11.1 Å². The third-order valence-electron chi connectivity index (χ3n) is 5.05. The SMILES string of the molecule is CCC1(C)CN(CCC(C)(C)OC)C(C(C)(C)C)CN1. The van der Waals surface area contributed by atoms with Crippen LogP contribution >= 0.6 is 0 Å². The highest BCUT2D eigenvalue weighted by atomic mass is 16.5. The van der Waals surface area contributed by atoms with Gasteiger partial charge in [-0.25, -0.2) is 0 Å². The molecule has 0 saturated carbocycles. The molecule has 1 fully saturated rings. The first-order valence-corrected chi connectivity index (χ1v) is 8.07. The van der Waals surface area contributed by atoms with Crippen LogP contribution in [0.3, 0.4) is 0 Å². The van der Waals surface area contributed by atoms with Crippen molar-refractivity contribution >= 4 is 0 Å². The molecule has 1 N–H and O–H groups in total. The minimum atomic E-state index is -0.0318. The van der Waals surface area contributed by atoms with Gasteiger partial charge in [0.25, 0.3) is 0 Å². The van der Waals surface area contributed by atoms with Crippen LogP contribution in [-0.4, -0.2) is 48.8 Å². The summed E-state index contributed by atoms with van der Waals surface area (Å²) in [6, 6.07) is 0.592. The predicted molar refractivity (Wildman–Crippen MR) is 87.2 cm³/mol. The van der Waals surface area contributed by atoms with Gasteiger partial charge in [-0.1, -0.05) is 27.7 Å². The van der Waals surface area contributed by atoms with Crippen molar-refractivity contribution in [1.29, 1.82) is 0 Å². The molecule has 0 aromatic heterocycles. The third kappa shape index (κ3) is 4.71. The first-order valence-electron chi connectivity index (χ1n) is 8.07. The Morgan fingerprint density at radius 1 is 1.25 bits per heavy atom. The predicted octanol–water partition coefficient (Wildman–Crippen LogP) is 3.29. The van der Waals surface area contributed by atoms with E-state index in [1.807, 2.05) is 7.11 Å². The van der Waals surface area contributed by atoms with E-state index in [0.717, 1.165) is 26.1 Å². The van der Waals surface area contributed by atoms with Crippen LogP contribution in [0.4, 0.5) is 0 Å². The van der Waals surface area contributed by atoms with Gasteiger partial charge in [-0.3, -0.25) is 4.90 Å². The van der Waals surface area contributed by atoms with Crippen molar-refractivity contribution in [2.45, 2.75) is 78.5 Å². The highest BCUT2D eigenvalue weighted by Gasteiger charge is 2.39.